The standard InChI is InChI=1S/C15H19FO3/c1-19-14-7-6-11(9-13(14)16)12(15(17)18)8-10-4-2-3-5-10/h6-7,9-10,12H,2-5,8H2,1H3,(H,17,18)/t12-/m0/s1. The van der Waals surface area contributed by atoms with Crippen molar-refractivity contribution in [2.24, 2.45) is 5.92 Å². The predicted molar refractivity (Wildman–Crippen MR) is 69.9 cm³/mol. The first-order valence-electron chi connectivity index (χ1n) is 6.68. The molecule has 4 heteroatoms. The first-order valence-corrected chi connectivity index (χ1v) is 6.68. The number of benzene rings is 1. The molecule has 19 heavy (non-hydrogen) atoms. The highest BCUT2D eigenvalue weighted by molar-refractivity contribution is 5.76. The average Bonchev–Trinajstić information content (AvgIpc) is 2.88. The number of rotatable bonds is 5. The fourth-order valence-electron chi connectivity index (χ4n) is 2.86. The maximum absolute atomic E-state index is 13.7. The molecular weight excluding hydrogens is 247 g/mol. The molecule has 0 aromatic heterocycles. The van der Waals surface area contributed by atoms with E-state index in [4.69, 9.17) is 4.74 Å². The number of hydrogen-bond donors (Lipinski definition) is 1. The summed E-state index contributed by atoms with van der Waals surface area (Å²) in [5.41, 5.74) is 0.526. The van der Waals surface area contributed by atoms with Crippen LogP contribution < -0.4 is 4.74 Å². The van der Waals surface area contributed by atoms with Crippen molar-refractivity contribution < 1.29 is 19.0 Å². The van der Waals surface area contributed by atoms with Gasteiger partial charge in [0.1, 0.15) is 0 Å². The van der Waals surface area contributed by atoms with E-state index in [1.54, 1.807) is 6.07 Å². The lowest BCUT2D eigenvalue weighted by atomic mass is 9.88. The first-order chi connectivity index (χ1) is 9.11. The van der Waals surface area contributed by atoms with Gasteiger partial charge in [-0.2, -0.15) is 0 Å². The van der Waals surface area contributed by atoms with E-state index in [0.29, 0.717) is 17.9 Å². The molecule has 1 N–H and O–H groups in total. The molecular formula is C15H19FO3. The van der Waals surface area contributed by atoms with Gasteiger partial charge in [0.15, 0.2) is 11.6 Å². The number of methoxy groups -OCH3 is 1. The van der Waals surface area contributed by atoms with Crippen molar-refractivity contribution in [1.29, 1.82) is 0 Å². The Kier molecular flexibility index (Phi) is 4.40. The van der Waals surface area contributed by atoms with Gasteiger partial charge in [-0.1, -0.05) is 31.7 Å². The zero-order valence-electron chi connectivity index (χ0n) is 11.1. The first kappa shape index (κ1) is 13.8. The minimum atomic E-state index is -0.878. The van der Waals surface area contributed by atoms with Gasteiger partial charge in [0.25, 0.3) is 0 Å². The molecule has 0 bridgehead atoms. The summed E-state index contributed by atoms with van der Waals surface area (Å²) in [5.74, 6) is -1.40. The van der Waals surface area contributed by atoms with E-state index in [1.807, 2.05) is 0 Å². The van der Waals surface area contributed by atoms with Gasteiger partial charge < -0.3 is 9.84 Å². The van der Waals surface area contributed by atoms with Crippen LogP contribution in [-0.2, 0) is 4.79 Å². The summed E-state index contributed by atoms with van der Waals surface area (Å²) in [6.07, 6.45) is 5.12. The maximum atomic E-state index is 13.7. The van der Waals surface area contributed by atoms with E-state index in [0.717, 1.165) is 12.8 Å². The molecule has 0 amide bonds. The zero-order valence-corrected chi connectivity index (χ0v) is 11.1. The molecule has 1 saturated carbocycles. The number of carbonyl (C=O) groups is 1. The minimum Gasteiger partial charge on any atom is -0.494 e. The molecule has 1 fully saturated rings. The third-order valence-electron chi connectivity index (χ3n) is 3.92. The van der Waals surface area contributed by atoms with E-state index >= 15 is 0 Å². The Bertz CT molecular complexity index is 453. The van der Waals surface area contributed by atoms with Crippen molar-refractivity contribution in [2.75, 3.05) is 7.11 Å². The van der Waals surface area contributed by atoms with Crippen LogP contribution in [0.2, 0.25) is 0 Å². The van der Waals surface area contributed by atoms with Crippen LogP contribution in [0.3, 0.4) is 0 Å². The molecule has 0 unspecified atom stereocenters. The molecule has 1 aromatic rings. The fraction of sp³-hybridized carbons (Fsp3) is 0.533. The molecule has 0 aliphatic heterocycles. The van der Waals surface area contributed by atoms with Gasteiger partial charge in [0, 0.05) is 0 Å². The highest BCUT2D eigenvalue weighted by Crippen LogP contribution is 2.35. The Morgan fingerprint density at radius 3 is 2.68 bits per heavy atom. The van der Waals surface area contributed by atoms with Gasteiger partial charge in [-0.3, -0.25) is 4.79 Å². The summed E-state index contributed by atoms with van der Waals surface area (Å²) >= 11 is 0. The Hall–Kier alpha value is -1.58. The van der Waals surface area contributed by atoms with Crippen molar-refractivity contribution in [3.05, 3.63) is 29.6 Å². The van der Waals surface area contributed by atoms with Crippen LogP contribution >= 0.6 is 0 Å². The van der Waals surface area contributed by atoms with E-state index < -0.39 is 17.7 Å². The van der Waals surface area contributed by atoms with Gasteiger partial charge in [-0.25, -0.2) is 4.39 Å². The third-order valence-corrected chi connectivity index (χ3v) is 3.92. The molecule has 1 aromatic carbocycles. The fourth-order valence-corrected chi connectivity index (χ4v) is 2.86. The summed E-state index contributed by atoms with van der Waals surface area (Å²) in [4.78, 5) is 11.4. The van der Waals surface area contributed by atoms with Gasteiger partial charge in [-0.05, 0) is 30.0 Å². The van der Waals surface area contributed by atoms with E-state index in [9.17, 15) is 14.3 Å². The second-order valence-electron chi connectivity index (χ2n) is 5.17. The predicted octanol–water partition coefficient (Wildman–Crippen LogP) is 3.58. The summed E-state index contributed by atoms with van der Waals surface area (Å²) < 4.78 is 18.5. The van der Waals surface area contributed by atoms with Crippen molar-refractivity contribution in [3.63, 3.8) is 0 Å². The molecule has 0 heterocycles. The lowest BCUT2D eigenvalue weighted by Crippen LogP contribution is -2.15. The second-order valence-corrected chi connectivity index (χ2v) is 5.17. The van der Waals surface area contributed by atoms with Crippen LogP contribution in [0.15, 0.2) is 18.2 Å². The van der Waals surface area contributed by atoms with Crippen molar-refractivity contribution in [3.8, 4) is 5.75 Å². The Morgan fingerprint density at radius 2 is 2.16 bits per heavy atom. The maximum Gasteiger partial charge on any atom is 0.310 e. The highest BCUT2D eigenvalue weighted by atomic mass is 19.1. The van der Waals surface area contributed by atoms with Crippen molar-refractivity contribution in [1.82, 2.24) is 0 Å². The molecule has 1 aliphatic rings. The molecule has 3 nitrogen and oxygen atoms in total. The number of ether oxygens (including phenoxy) is 1. The summed E-state index contributed by atoms with van der Waals surface area (Å²) in [6, 6.07) is 4.43. The number of carboxylic acids is 1. The van der Waals surface area contributed by atoms with Crippen LogP contribution in [0.4, 0.5) is 4.39 Å². The van der Waals surface area contributed by atoms with Crippen LogP contribution in [-0.4, -0.2) is 18.2 Å². The lowest BCUT2D eigenvalue weighted by molar-refractivity contribution is -0.139. The minimum absolute atomic E-state index is 0.147. The van der Waals surface area contributed by atoms with Gasteiger partial charge in [-0.15, -0.1) is 0 Å². The van der Waals surface area contributed by atoms with Gasteiger partial charge in [0.05, 0.1) is 13.0 Å². The average molecular weight is 266 g/mol. The third kappa shape index (κ3) is 3.25. The summed E-state index contributed by atoms with van der Waals surface area (Å²) in [6.45, 7) is 0. The Labute approximate surface area is 112 Å². The Balaban J connectivity index is 2.18. The van der Waals surface area contributed by atoms with E-state index in [1.165, 1.54) is 32.1 Å². The molecule has 104 valence electrons. The number of aliphatic carboxylic acids is 1. The van der Waals surface area contributed by atoms with Crippen molar-refractivity contribution in [2.45, 2.75) is 38.0 Å². The second kappa shape index (κ2) is 6.04. The Morgan fingerprint density at radius 1 is 1.47 bits per heavy atom. The number of carboxylic acid groups (broad SMARTS) is 1. The molecule has 1 atom stereocenters. The topological polar surface area (TPSA) is 46.5 Å². The van der Waals surface area contributed by atoms with Crippen LogP contribution in [0.1, 0.15) is 43.6 Å². The molecule has 2 rings (SSSR count). The molecule has 1 aliphatic carbocycles. The van der Waals surface area contributed by atoms with E-state index in [-0.39, 0.29) is 5.75 Å². The zero-order chi connectivity index (χ0) is 13.8. The number of hydrogen-bond acceptors (Lipinski definition) is 2. The van der Waals surface area contributed by atoms with Crippen LogP contribution in [0.25, 0.3) is 0 Å². The van der Waals surface area contributed by atoms with Crippen LogP contribution in [0, 0.1) is 11.7 Å². The number of halogens is 1. The quantitative estimate of drug-likeness (QED) is 0.886. The SMILES string of the molecule is COc1ccc([C@H](CC2CCCC2)C(=O)O)cc1F. The largest absolute Gasteiger partial charge is 0.494 e. The van der Waals surface area contributed by atoms with Gasteiger partial charge >= 0.3 is 5.97 Å². The van der Waals surface area contributed by atoms with E-state index in [2.05, 4.69) is 0 Å². The molecule has 0 radical (unpaired) electrons. The smallest absolute Gasteiger partial charge is 0.310 e. The van der Waals surface area contributed by atoms with Crippen LogP contribution in [0.5, 0.6) is 5.75 Å². The monoisotopic (exact) mass is 266 g/mol. The molecule has 0 spiro atoms. The lowest BCUT2D eigenvalue weighted by Gasteiger charge is -2.17. The van der Waals surface area contributed by atoms with Gasteiger partial charge in [0.2, 0.25) is 0 Å². The normalized spacial score (nSPS) is 17.4. The summed E-state index contributed by atoms with van der Waals surface area (Å²) in [7, 11) is 1.39. The highest BCUT2D eigenvalue weighted by Gasteiger charge is 2.26. The summed E-state index contributed by atoms with van der Waals surface area (Å²) in [5, 5.41) is 9.35. The molecule has 0 saturated heterocycles. The van der Waals surface area contributed by atoms with Crippen molar-refractivity contribution >= 4 is 5.97 Å².